The lowest BCUT2D eigenvalue weighted by Gasteiger charge is -2.20. The summed E-state index contributed by atoms with van der Waals surface area (Å²) in [5, 5.41) is 7.87. The molecule has 29 heavy (non-hydrogen) atoms. The van der Waals surface area contributed by atoms with Crippen molar-refractivity contribution in [1.82, 2.24) is 5.32 Å². The molecule has 1 saturated heterocycles. The van der Waals surface area contributed by atoms with Crippen LogP contribution in [-0.2, 0) is 26.2 Å². The van der Waals surface area contributed by atoms with Gasteiger partial charge in [0.2, 0.25) is 21.8 Å². The summed E-state index contributed by atoms with van der Waals surface area (Å²) in [5.41, 5.74) is 1.39. The van der Waals surface area contributed by atoms with E-state index in [-0.39, 0.29) is 36.2 Å². The van der Waals surface area contributed by atoms with Crippen LogP contribution in [0.2, 0.25) is 0 Å². The van der Waals surface area contributed by atoms with Gasteiger partial charge in [0.25, 0.3) is 0 Å². The fourth-order valence-corrected chi connectivity index (χ4v) is 3.72. The molecular formula is C20H23N3O5S. The van der Waals surface area contributed by atoms with Gasteiger partial charge in [0.1, 0.15) is 5.75 Å². The van der Waals surface area contributed by atoms with Crippen molar-refractivity contribution in [1.29, 1.82) is 0 Å². The van der Waals surface area contributed by atoms with Crippen LogP contribution in [0.3, 0.4) is 0 Å². The van der Waals surface area contributed by atoms with Crippen molar-refractivity contribution in [3.8, 4) is 5.75 Å². The molecular weight excluding hydrogens is 394 g/mol. The van der Waals surface area contributed by atoms with E-state index in [1.54, 1.807) is 29.2 Å². The van der Waals surface area contributed by atoms with E-state index in [4.69, 9.17) is 9.88 Å². The maximum Gasteiger partial charge on any atom is 0.238 e. The third kappa shape index (κ3) is 4.93. The van der Waals surface area contributed by atoms with Crippen molar-refractivity contribution in [2.45, 2.75) is 24.8 Å². The molecule has 2 amide bonds. The number of hydrogen-bond donors (Lipinski definition) is 2. The first kappa shape index (κ1) is 20.8. The standard InChI is InChI=1S/C20H23N3O5S/c1-2-28-18-6-4-3-5-17(18)23-13-15(11-19(23)24)20(25)22-12-14-7-9-16(10-8-14)29(21,26)27/h3-10,15H,2,11-13H2,1H3,(H,22,25)(H2,21,26,27)/t15-/m1/s1. The summed E-state index contributed by atoms with van der Waals surface area (Å²) < 4.78 is 28.2. The number of hydrogen-bond acceptors (Lipinski definition) is 5. The van der Waals surface area contributed by atoms with Crippen molar-refractivity contribution in [2.24, 2.45) is 11.1 Å². The van der Waals surface area contributed by atoms with Gasteiger partial charge >= 0.3 is 0 Å². The van der Waals surface area contributed by atoms with Gasteiger partial charge in [-0.15, -0.1) is 0 Å². The first-order valence-electron chi connectivity index (χ1n) is 9.21. The topological polar surface area (TPSA) is 119 Å². The highest BCUT2D eigenvalue weighted by atomic mass is 32.2. The van der Waals surface area contributed by atoms with Crippen LogP contribution >= 0.6 is 0 Å². The zero-order valence-corrected chi connectivity index (χ0v) is 16.8. The Balaban J connectivity index is 1.62. The molecule has 154 valence electrons. The quantitative estimate of drug-likeness (QED) is 0.706. The molecule has 0 aromatic heterocycles. The molecule has 0 bridgehead atoms. The molecule has 1 aliphatic heterocycles. The second-order valence-electron chi connectivity index (χ2n) is 6.71. The van der Waals surface area contributed by atoms with Crippen molar-refractivity contribution in [3.05, 3.63) is 54.1 Å². The minimum Gasteiger partial charge on any atom is -0.492 e. The van der Waals surface area contributed by atoms with Crippen LogP contribution in [0.4, 0.5) is 5.69 Å². The van der Waals surface area contributed by atoms with Crippen LogP contribution < -0.4 is 20.1 Å². The maximum atomic E-state index is 12.5. The summed E-state index contributed by atoms with van der Waals surface area (Å²) >= 11 is 0. The maximum absolute atomic E-state index is 12.5. The van der Waals surface area contributed by atoms with Crippen molar-refractivity contribution >= 4 is 27.5 Å². The number of rotatable bonds is 7. The number of anilines is 1. The monoisotopic (exact) mass is 417 g/mol. The summed E-state index contributed by atoms with van der Waals surface area (Å²) in [5.74, 6) is -0.222. The van der Waals surface area contributed by atoms with Crippen LogP contribution in [0, 0.1) is 5.92 Å². The second-order valence-corrected chi connectivity index (χ2v) is 8.27. The van der Waals surface area contributed by atoms with E-state index in [1.165, 1.54) is 12.1 Å². The Bertz CT molecular complexity index is 1010. The zero-order valence-electron chi connectivity index (χ0n) is 16.0. The Morgan fingerprint density at radius 3 is 2.55 bits per heavy atom. The smallest absolute Gasteiger partial charge is 0.238 e. The number of carbonyl (C=O) groups excluding carboxylic acids is 2. The number of benzene rings is 2. The number of para-hydroxylation sites is 2. The first-order valence-corrected chi connectivity index (χ1v) is 10.8. The van der Waals surface area contributed by atoms with E-state index >= 15 is 0 Å². The second kappa shape index (κ2) is 8.62. The molecule has 1 atom stereocenters. The third-order valence-corrected chi connectivity index (χ3v) is 5.60. The number of ether oxygens (including phenoxy) is 1. The molecule has 1 fully saturated rings. The van der Waals surface area contributed by atoms with Gasteiger partial charge in [0.05, 0.1) is 23.1 Å². The summed E-state index contributed by atoms with van der Waals surface area (Å²) in [6, 6.07) is 13.2. The van der Waals surface area contributed by atoms with Gasteiger partial charge in [0.15, 0.2) is 0 Å². The number of amides is 2. The van der Waals surface area contributed by atoms with Crippen LogP contribution in [0.25, 0.3) is 0 Å². The van der Waals surface area contributed by atoms with Crippen molar-refractivity contribution in [3.63, 3.8) is 0 Å². The minimum absolute atomic E-state index is 0.0116. The predicted molar refractivity (Wildman–Crippen MR) is 108 cm³/mol. The molecule has 2 aromatic carbocycles. The SMILES string of the molecule is CCOc1ccccc1N1C[C@H](C(=O)NCc2ccc(S(N)(=O)=O)cc2)CC1=O. The van der Waals surface area contributed by atoms with Crippen molar-refractivity contribution < 1.29 is 22.7 Å². The molecule has 0 aliphatic carbocycles. The summed E-state index contributed by atoms with van der Waals surface area (Å²) in [7, 11) is -3.75. The lowest BCUT2D eigenvalue weighted by Crippen LogP contribution is -2.32. The van der Waals surface area contributed by atoms with Crippen molar-refractivity contribution in [2.75, 3.05) is 18.1 Å². The van der Waals surface area contributed by atoms with E-state index in [0.29, 0.717) is 18.0 Å². The summed E-state index contributed by atoms with van der Waals surface area (Å²) in [6.07, 6.45) is 0.122. The van der Waals surface area contributed by atoms with E-state index < -0.39 is 15.9 Å². The Hall–Kier alpha value is -2.91. The fraction of sp³-hybridized carbons (Fsp3) is 0.300. The number of sulfonamides is 1. The van der Waals surface area contributed by atoms with Crippen LogP contribution in [0.5, 0.6) is 5.75 Å². The Morgan fingerprint density at radius 1 is 1.21 bits per heavy atom. The molecule has 1 aliphatic rings. The molecule has 0 saturated carbocycles. The lowest BCUT2D eigenvalue weighted by atomic mass is 10.1. The fourth-order valence-electron chi connectivity index (χ4n) is 3.20. The van der Waals surface area contributed by atoms with E-state index in [2.05, 4.69) is 5.32 Å². The van der Waals surface area contributed by atoms with Gasteiger partial charge in [-0.05, 0) is 36.8 Å². The molecule has 8 nitrogen and oxygen atoms in total. The highest BCUT2D eigenvalue weighted by molar-refractivity contribution is 7.89. The Labute approximate surface area is 169 Å². The molecule has 9 heteroatoms. The van der Waals surface area contributed by atoms with Gasteiger partial charge in [0, 0.05) is 19.5 Å². The van der Waals surface area contributed by atoms with Gasteiger partial charge in [-0.3, -0.25) is 9.59 Å². The molecule has 3 rings (SSSR count). The van der Waals surface area contributed by atoms with Gasteiger partial charge in [-0.25, -0.2) is 13.6 Å². The Morgan fingerprint density at radius 2 is 1.90 bits per heavy atom. The summed E-state index contributed by atoms with van der Waals surface area (Å²) in [6.45, 7) is 2.85. The molecule has 0 unspecified atom stereocenters. The highest BCUT2D eigenvalue weighted by Crippen LogP contribution is 2.33. The number of nitrogens with two attached hydrogens (primary N) is 1. The van der Waals surface area contributed by atoms with Crippen LogP contribution in [0.15, 0.2) is 53.4 Å². The first-order chi connectivity index (χ1) is 13.8. The molecule has 2 aromatic rings. The largest absolute Gasteiger partial charge is 0.492 e. The normalized spacial score (nSPS) is 16.7. The van der Waals surface area contributed by atoms with Crippen LogP contribution in [0.1, 0.15) is 18.9 Å². The predicted octanol–water partition coefficient (Wildman–Crippen LogP) is 1.40. The number of primary sulfonamides is 1. The van der Waals surface area contributed by atoms with E-state index in [9.17, 15) is 18.0 Å². The molecule has 0 spiro atoms. The number of carbonyl (C=O) groups is 2. The van der Waals surface area contributed by atoms with E-state index in [0.717, 1.165) is 5.56 Å². The van der Waals surface area contributed by atoms with Crippen LogP contribution in [-0.4, -0.2) is 33.4 Å². The number of nitrogens with zero attached hydrogens (tertiary/aromatic N) is 1. The lowest BCUT2D eigenvalue weighted by molar-refractivity contribution is -0.126. The van der Waals surface area contributed by atoms with Gasteiger partial charge in [-0.2, -0.15) is 0 Å². The minimum atomic E-state index is -3.75. The number of nitrogens with one attached hydrogen (secondary N) is 1. The molecule has 0 radical (unpaired) electrons. The van der Waals surface area contributed by atoms with E-state index in [1.807, 2.05) is 19.1 Å². The average Bonchev–Trinajstić information content (AvgIpc) is 3.08. The van der Waals surface area contributed by atoms with Gasteiger partial charge < -0.3 is 15.0 Å². The molecule has 3 N–H and O–H groups in total. The zero-order chi connectivity index (χ0) is 21.0. The van der Waals surface area contributed by atoms with Gasteiger partial charge in [-0.1, -0.05) is 24.3 Å². The average molecular weight is 417 g/mol. The molecule has 1 heterocycles. The summed E-state index contributed by atoms with van der Waals surface area (Å²) in [4.78, 5) is 26.6. The highest BCUT2D eigenvalue weighted by Gasteiger charge is 2.36. The Kier molecular flexibility index (Phi) is 6.19. The third-order valence-electron chi connectivity index (χ3n) is 4.67.